The first-order valence-electron chi connectivity index (χ1n) is 8.42. The standard InChI is InChI=1S/C20H17N3O4S/c1-13(24)14-4-6-16(7-5-14)22-18(25)11-27-19(26)9-17-12-28-20(23-17)15-3-2-8-21-10-15/h2-8,10,12H,9,11H2,1H3,(H,22,25). The van der Waals surface area contributed by atoms with Gasteiger partial charge in [-0.05, 0) is 43.3 Å². The van der Waals surface area contributed by atoms with E-state index in [4.69, 9.17) is 4.74 Å². The maximum atomic E-state index is 11.9. The Kier molecular flexibility index (Phi) is 6.23. The first-order valence-corrected chi connectivity index (χ1v) is 9.30. The zero-order valence-electron chi connectivity index (χ0n) is 15.0. The number of thiazole rings is 1. The molecule has 0 atom stereocenters. The Morgan fingerprint density at radius 1 is 1.14 bits per heavy atom. The van der Waals surface area contributed by atoms with Crippen LogP contribution < -0.4 is 5.32 Å². The Morgan fingerprint density at radius 3 is 2.61 bits per heavy atom. The Labute approximate surface area is 165 Å². The van der Waals surface area contributed by atoms with E-state index >= 15 is 0 Å². The fourth-order valence-corrected chi connectivity index (χ4v) is 3.15. The Balaban J connectivity index is 1.47. The van der Waals surface area contributed by atoms with Crippen LogP contribution in [0.5, 0.6) is 0 Å². The number of rotatable bonds is 7. The fraction of sp³-hybridized carbons (Fsp3) is 0.150. The number of aromatic nitrogens is 2. The quantitative estimate of drug-likeness (QED) is 0.487. The number of nitrogens with one attached hydrogen (secondary N) is 1. The third-order valence-electron chi connectivity index (χ3n) is 3.73. The highest BCUT2D eigenvalue weighted by Gasteiger charge is 2.12. The molecule has 3 aromatic rings. The number of hydrogen-bond acceptors (Lipinski definition) is 7. The average molecular weight is 395 g/mol. The van der Waals surface area contributed by atoms with Gasteiger partial charge in [-0.1, -0.05) is 0 Å². The van der Waals surface area contributed by atoms with E-state index in [0.29, 0.717) is 16.9 Å². The van der Waals surface area contributed by atoms with Gasteiger partial charge in [-0.3, -0.25) is 19.4 Å². The van der Waals surface area contributed by atoms with Crippen molar-refractivity contribution < 1.29 is 19.1 Å². The van der Waals surface area contributed by atoms with Gasteiger partial charge in [0.15, 0.2) is 12.4 Å². The summed E-state index contributed by atoms with van der Waals surface area (Å²) in [5.41, 5.74) is 2.53. The lowest BCUT2D eigenvalue weighted by Crippen LogP contribution is -2.21. The number of nitrogens with zero attached hydrogens (tertiary/aromatic N) is 2. The molecule has 0 aliphatic carbocycles. The highest BCUT2D eigenvalue weighted by molar-refractivity contribution is 7.13. The average Bonchev–Trinajstić information content (AvgIpc) is 3.16. The summed E-state index contributed by atoms with van der Waals surface area (Å²) in [6.07, 6.45) is 3.36. The molecule has 1 N–H and O–H groups in total. The monoisotopic (exact) mass is 395 g/mol. The van der Waals surface area contributed by atoms with E-state index in [1.807, 2.05) is 12.1 Å². The van der Waals surface area contributed by atoms with Gasteiger partial charge < -0.3 is 10.1 Å². The molecule has 1 aromatic carbocycles. The highest BCUT2D eigenvalue weighted by atomic mass is 32.1. The van der Waals surface area contributed by atoms with E-state index < -0.39 is 18.5 Å². The molecule has 2 heterocycles. The molecule has 28 heavy (non-hydrogen) atoms. The predicted octanol–water partition coefficient (Wildman–Crippen LogP) is 3.13. The van der Waals surface area contributed by atoms with Crippen LogP contribution in [0.4, 0.5) is 5.69 Å². The lowest BCUT2D eigenvalue weighted by molar-refractivity contribution is -0.146. The van der Waals surface area contributed by atoms with E-state index in [-0.39, 0.29) is 12.2 Å². The second-order valence-electron chi connectivity index (χ2n) is 5.90. The SMILES string of the molecule is CC(=O)c1ccc(NC(=O)COC(=O)Cc2csc(-c3cccnc3)n2)cc1. The molecule has 1 amide bonds. The number of pyridine rings is 1. The van der Waals surface area contributed by atoms with E-state index in [0.717, 1.165) is 10.6 Å². The number of anilines is 1. The zero-order valence-corrected chi connectivity index (χ0v) is 15.9. The minimum absolute atomic E-state index is 0.0165. The van der Waals surface area contributed by atoms with Crippen molar-refractivity contribution in [3.63, 3.8) is 0 Å². The van der Waals surface area contributed by atoms with Crippen molar-refractivity contribution in [3.8, 4) is 10.6 Å². The van der Waals surface area contributed by atoms with Crippen LogP contribution in [0.25, 0.3) is 10.6 Å². The van der Waals surface area contributed by atoms with Crippen molar-refractivity contribution >= 4 is 34.7 Å². The van der Waals surface area contributed by atoms with Crippen LogP contribution in [0.2, 0.25) is 0 Å². The summed E-state index contributed by atoms with van der Waals surface area (Å²) in [7, 11) is 0. The van der Waals surface area contributed by atoms with Crippen molar-refractivity contribution in [1.82, 2.24) is 9.97 Å². The summed E-state index contributed by atoms with van der Waals surface area (Å²) in [6, 6.07) is 10.2. The second-order valence-corrected chi connectivity index (χ2v) is 6.76. The Hall–Kier alpha value is -3.39. The van der Waals surface area contributed by atoms with Gasteiger partial charge in [0.1, 0.15) is 5.01 Å². The number of hydrogen-bond donors (Lipinski definition) is 1. The molecule has 0 radical (unpaired) electrons. The third-order valence-corrected chi connectivity index (χ3v) is 4.67. The van der Waals surface area contributed by atoms with Crippen LogP contribution in [-0.4, -0.2) is 34.2 Å². The largest absolute Gasteiger partial charge is 0.455 e. The first-order chi connectivity index (χ1) is 13.5. The van der Waals surface area contributed by atoms with Crippen LogP contribution in [0.15, 0.2) is 54.2 Å². The van der Waals surface area contributed by atoms with Gasteiger partial charge >= 0.3 is 5.97 Å². The molecule has 0 unspecified atom stereocenters. The number of benzene rings is 1. The van der Waals surface area contributed by atoms with Crippen molar-refractivity contribution in [2.45, 2.75) is 13.3 Å². The van der Waals surface area contributed by atoms with Crippen molar-refractivity contribution in [2.24, 2.45) is 0 Å². The van der Waals surface area contributed by atoms with Crippen LogP contribution in [0.1, 0.15) is 23.0 Å². The van der Waals surface area contributed by atoms with Crippen molar-refractivity contribution in [2.75, 3.05) is 11.9 Å². The molecule has 8 heteroatoms. The van der Waals surface area contributed by atoms with E-state index in [2.05, 4.69) is 15.3 Å². The normalized spacial score (nSPS) is 10.3. The highest BCUT2D eigenvalue weighted by Crippen LogP contribution is 2.22. The molecule has 7 nitrogen and oxygen atoms in total. The van der Waals surface area contributed by atoms with E-state index in [1.54, 1.807) is 42.0 Å². The summed E-state index contributed by atoms with van der Waals surface area (Å²) in [5.74, 6) is -1.05. The molecule has 0 aliphatic rings. The first kappa shape index (κ1) is 19.4. The molecular formula is C20H17N3O4S. The number of ether oxygens (including phenoxy) is 1. The lowest BCUT2D eigenvalue weighted by atomic mass is 10.1. The van der Waals surface area contributed by atoms with Crippen LogP contribution >= 0.6 is 11.3 Å². The number of esters is 1. The molecule has 3 rings (SSSR count). The molecule has 0 saturated heterocycles. The number of amides is 1. The third kappa shape index (κ3) is 5.31. The van der Waals surface area contributed by atoms with Crippen LogP contribution in [-0.2, 0) is 20.7 Å². The molecule has 142 valence electrons. The number of Topliss-reactive ketones (excluding diaryl/α,β-unsaturated/α-hetero) is 1. The molecular weight excluding hydrogens is 378 g/mol. The van der Waals surface area contributed by atoms with Gasteiger partial charge in [0.05, 0.1) is 12.1 Å². The summed E-state index contributed by atoms with van der Waals surface area (Å²) in [4.78, 5) is 43.5. The number of carbonyl (C=O) groups excluding carboxylic acids is 3. The fourth-order valence-electron chi connectivity index (χ4n) is 2.34. The molecule has 0 bridgehead atoms. The second kappa shape index (κ2) is 9.01. The molecule has 0 aliphatic heterocycles. The predicted molar refractivity (Wildman–Crippen MR) is 105 cm³/mol. The Morgan fingerprint density at radius 2 is 1.93 bits per heavy atom. The maximum Gasteiger partial charge on any atom is 0.312 e. The zero-order chi connectivity index (χ0) is 19.9. The van der Waals surface area contributed by atoms with Gasteiger partial charge in [-0.15, -0.1) is 11.3 Å². The molecule has 0 saturated carbocycles. The lowest BCUT2D eigenvalue weighted by Gasteiger charge is -2.06. The minimum Gasteiger partial charge on any atom is -0.455 e. The van der Waals surface area contributed by atoms with E-state index in [1.165, 1.54) is 18.3 Å². The van der Waals surface area contributed by atoms with Gasteiger partial charge in [-0.25, -0.2) is 4.98 Å². The summed E-state index contributed by atoms with van der Waals surface area (Å²) in [5, 5.41) is 5.15. The van der Waals surface area contributed by atoms with Gasteiger partial charge in [0.25, 0.3) is 5.91 Å². The Bertz CT molecular complexity index is 984. The number of ketones is 1. The maximum absolute atomic E-state index is 11.9. The molecule has 0 fully saturated rings. The topological polar surface area (TPSA) is 98.2 Å². The summed E-state index contributed by atoms with van der Waals surface area (Å²) >= 11 is 1.41. The van der Waals surface area contributed by atoms with E-state index in [9.17, 15) is 14.4 Å². The summed E-state index contributed by atoms with van der Waals surface area (Å²) in [6.45, 7) is 1.07. The number of carbonyl (C=O) groups is 3. The summed E-state index contributed by atoms with van der Waals surface area (Å²) < 4.78 is 5.00. The van der Waals surface area contributed by atoms with Gasteiger partial charge in [0, 0.05) is 34.6 Å². The van der Waals surface area contributed by atoms with Crippen molar-refractivity contribution in [1.29, 1.82) is 0 Å². The molecule has 0 spiro atoms. The van der Waals surface area contributed by atoms with Crippen LogP contribution in [0.3, 0.4) is 0 Å². The van der Waals surface area contributed by atoms with Crippen LogP contribution in [0, 0.1) is 0 Å². The minimum atomic E-state index is -0.537. The smallest absolute Gasteiger partial charge is 0.312 e. The van der Waals surface area contributed by atoms with Gasteiger partial charge in [0.2, 0.25) is 0 Å². The molecule has 2 aromatic heterocycles. The van der Waals surface area contributed by atoms with Gasteiger partial charge in [-0.2, -0.15) is 0 Å². The van der Waals surface area contributed by atoms with Crippen molar-refractivity contribution in [3.05, 3.63) is 65.4 Å².